The molecule has 2 heterocycles. The van der Waals surface area contributed by atoms with Crippen LogP contribution in [0.25, 0.3) is 77.7 Å². The van der Waals surface area contributed by atoms with Crippen molar-refractivity contribution in [3.63, 3.8) is 0 Å². The van der Waals surface area contributed by atoms with Crippen LogP contribution in [0.4, 0.5) is 0 Å². The monoisotopic (exact) mass is 559 g/mol. The van der Waals surface area contributed by atoms with Gasteiger partial charge in [0, 0.05) is 21.9 Å². The summed E-state index contributed by atoms with van der Waals surface area (Å²) in [7, 11) is 0. The van der Waals surface area contributed by atoms with E-state index in [1.54, 1.807) is 0 Å². The molecular weight excluding hydrogens is 538 g/mol. The van der Waals surface area contributed by atoms with Crippen LogP contribution < -0.4 is 0 Å². The second-order valence-electron chi connectivity index (χ2n) is 10.2. The lowest BCUT2D eigenvalue weighted by Gasteiger charge is -2.08. The number of fused-ring (bicyclic) bond motifs is 4. The van der Waals surface area contributed by atoms with Crippen molar-refractivity contribution >= 4 is 44.3 Å². The van der Waals surface area contributed by atoms with Crippen LogP contribution in [0, 0.1) is 0 Å². The van der Waals surface area contributed by atoms with E-state index in [1.807, 2.05) is 48.5 Å². The average Bonchev–Trinajstić information content (AvgIpc) is 3.43. The van der Waals surface area contributed by atoms with Crippen LogP contribution in [-0.2, 0) is 0 Å². The van der Waals surface area contributed by atoms with Gasteiger partial charge in [-0.15, -0.1) is 0 Å². The van der Waals surface area contributed by atoms with Crippen molar-refractivity contribution in [2.75, 3.05) is 0 Å². The van der Waals surface area contributed by atoms with Gasteiger partial charge in [0.15, 0.2) is 11.6 Å². The van der Waals surface area contributed by atoms with Crippen LogP contribution in [0.1, 0.15) is 0 Å². The van der Waals surface area contributed by atoms with Gasteiger partial charge in [0.1, 0.15) is 11.2 Å². The zero-order valence-corrected chi connectivity index (χ0v) is 23.1. The lowest BCUT2D eigenvalue weighted by atomic mass is 9.98. The first kappa shape index (κ1) is 24.5. The second-order valence-corrected chi connectivity index (χ2v) is 10.6. The summed E-state index contributed by atoms with van der Waals surface area (Å²) in [5.74, 6) is 1.03. The minimum Gasteiger partial charge on any atom is -0.456 e. The van der Waals surface area contributed by atoms with Gasteiger partial charge in [-0.05, 0) is 68.9 Å². The Bertz CT molecular complexity index is 2260. The molecule has 0 aliphatic rings. The van der Waals surface area contributed by atoms with Gasteiger partial charge in [-0.25, -0.2) is 4.98 Å². The predicted octanol–water partition coefficient (Wildman–Crippen LogP) is 10.2. The molecule has 0 aliphatic carbocycles. The fourth-order valence-electron chi connectivity index (χ4n) is 5.61. The number of rotatable bonds is 4. The van der Waals surface area contributed by atoms with Gasteiger partial charge in [0.25, 0.3) is 0 Å². The van der Waals surface area contributed by atoms with Crippen molar-refractivity contribution < 1.29 is 4.42 Å². The quantitative estimate of drug-likeness (QED) is 0.215. The van der Waals surface area contributed by atoms with Crippen LogP contribution in [0.3, 0.4) is 0 Å². The minimum atomic E-state index is 0.146. The highest BCUT2D eigenvalue weighted by Crippen LogP contribution is 2.38. The van der Waals surface area contributed by atoms with Crippen LogP contribution >= 0.6 is 11.6 Å². The Kier molecular flexibility index (Phi) is 5.80. The number of hydrogen-bond donors (Lipinski definition) is 0. The third kappa shape index (κ3) is 4.30. The lowest BCUT2D eigenvalue weighted by molar-refractivity contribution is 0.669. The molecule has 0 amide bonds. The lowest BCUT2D eigenvalue weighted by Crippen LogP contribution is -1.97. The molecule has 0 fully saturated rings. The van der Waals surface area contributed by atoms with Gasteiger partial charge >= 0.3 is 0 Å². The van der Waals surface area contributed by atoms with E-state index in [0.717, 1.165) is 55.0 Å². The molecule has 0 spiro atoms. The van der Waals surface area contributed by atoms with E-state index < -0.39 is 0 Å². The number of halogens is 1. The summed E-state index contributed by atoms with van der Waals surface area (Å²) in [4.78, 5) is 13.9. The molecule has 8 rings (SSSR count). The SMILES string of the molecule is Clc1nc(-c2ccc3ccccc3c2)nc(-c2cccc3oc4ccc(-c5ccc(-c6ccccc6)cc5)cc4c23)n1. The van der Waals surface area contributed by atoms with Crippen LogP contribution in [-0.4, -0.2) is 15.0 Å². The molecule has 42 heavy (non-hydrogen) atoms. The Hall–Kier alpha value is -5.32. The molecule has 0 bridgehead atoms. The molecule has 6 aromatic carbocycles. The number of benzene rings is 6. The summed E-state index contributed by atoms with van der Waals surface area (Å²) in [6.45, 7) is 0. The third-order valence-corrected chi connectivity index (χ3v) is 7.85. The highest BCUT2D eigenvalue weighted by atomic mass is 35.5. The zero-order valence-electron chi connectivity index (χ0n) is 22.3. The summed E-state index contributed by atoms with van der Waals surface area (Å²) >= 11 is 6.49. The summed E-state index contributed by atoms with van der Waals surface area (Å²) in [6.07, 6.45) is 0. The van der Waals surface area contributed by atoms with Crippen LogP contribution in [0.2, 0.25) is 5.28 Å². The van der Waals surface area contributed by atoms with Crippen LogP contribution in [0.15, 0.2) is 138 Å². The molecule has 0 unspecified atom stereocenters. The molecule has 0 atom stereocenters. The van der Waals surface area contributed by atoms with Gasteiger partial charge in [0.05, 0.1) is 0 Å². The Labute approximate surface area is 246 Å². The van der Waals surface area contributed by atoms with E-state index in [4.69, 9.17) is 21.0 Å². The number of nitrogens with zero attached hydrogens (tertiary/aromatic N) is 3. The highest BCUT2D eigenvalue weighted by molar-refractivity contribution is 6.28. The van der Waals surface area contributed by atoms with Crippen molar-refractivity contribution in [2.24, 2.45) is 0 Å². The topological polar surface area (TPSA) is 51.8 Å². The maximum Gasteiger partial charge on any atom is 0.226 e. The first-order valence-electron chi connectivity index (χ1n) is 13.7. The first-order valence-corrected chi connectivity index (χ1v) is 14.1. The van der Waals surface area contributed by atoms with Crippen molar-refractivity contribution in [3.05, 3.63) is 139 Å². The highest BCUT2D eigenvalue weighted by Gasteiger charge is 2.17. The Balaban J connectivity index is 1.24. The van der Waals surface area contributed by atoms with Gasteiger partial charge in [-0.1, -0.05) is 109 Å². The smallest absolute Gasteiger partial charge is 0.226 e. The van der Waals surface area contributed by atoms with E-state index in [2.05, 4.69) is 94.9 Å². The summed E-state index contributed by atoms with van der Waals surface area (Å²) < 4.78 is 6.27. The van der Waals surface area contributed by atoms with Gasteiger partial charge in [0.2, 0.25) is 5.28 Å². The Morgan fingerprint density at radius 1 is 0.452 bits per heavy atom. The number of hydrogen-bond acceptors (Lipinski definition) is 4. The maximum atomic E-state index is 6.49. The number of furan rings is 1. The first-order chi connectivity index (χ1) is 20.7. The predicted molar refractivity (Wildman–Crippen MR) is 171 cm³/mol. The number of aromatic nitrogens is 3. The molecule has 0 saturated heterocycles. The molecule has 0 radical (unpaired) electrons. The van der Waals surface area contributed by atoms with Crippen molar-refractivity contribution in [1.82, 2.24) is 15.0 Å². The van der Waals surface area contributed by atoms with Gasteiger partial charge in [-0.3, -0.25) is 0 Å². The van der Waals surface area contributed by atoms with Crippen LogP contribution in [0.5, 0.6) is 0 Å². The molecule has 4 nitrogen and oxygen atoms in total. The molecule has 198 valence electrons. The van der Waals surface area contributed by atoms with E-state index in [0.29, 0.717) is 11.6 Å². The van der Waals surface area contributed by atoms with E-state index in [9.17, 15) is 0 Å². The van der Waals surface area contributed by atoms with E-state index >= 15 is 0 Å². The average molecular weight is 560 g/mol. The minimum absolute atomic E-state index is 0.146. The molecule has 5 heteroatoms. The fourth-order valence-corrected chi connectivity index (χ4v) is 5.77. The molecular formula is C37H22ClN3O. The largest absolute Gasteiger partial charge is 0.456 e. The van der Waals surface area contributed by atoms with E-state index in [1.165, 1.54) is 11.1 Å². The van der Waals surface area contributed by atoms with Crippen molar-refractivity contribution in [2.45, 2.75) is 0 Å². The Morgan fingerprint density at radius 3 is 1.95 bits per heavy atom. The summed E-state index contributed by atoms with van der Waals surface area (Å²) in [5.41, 5.74) is 7.91. The zero-order chi connectivity index (χ0) is 28.0. The summed E-state index contributed by atoms with van der Waals surface area (Å²) in [5, 5.41) is 4.35. The summed E-state index contributed by atoms with van der Waals surface area (Å²) in [6, 6.07) is 45.7. The molecule has 0 aliphatic heterocycles. The molecule has 0 N–H and O–H groups in total. The second kappa shape index (κ2) is 9.95. The van der Waals surface area contributed by atoms with Gasteiger partial charge in [-0.2, -0.15) is 9.97 Å². The Morgan fingerprint density at radius 2 is 1.12 bits per heavy atom. The van der Waals surface area contributed by atoms with Gasteiger partial charge < -0.3 is 4.42 Å². The molecule has 0 saturated carbocycles. The third-order valence-electron chi connectivity index (χ3n) is 7.68. The normalized spacial score (nSPS) is 11.5. The maximum absolute atomic E-state index is 6.49. The standard InChI is InChI=1S/C37H22ClN3O/c38-37-40-35(29-18-17-24-9-4-5-10-27(24)21-29)39-36(41-37)30-11-6-12-33-34(30)31-22-28(19-20-32(31)42-33)26-15-13-25(14-16-26)23-7-2-1-3-8-23/h1-22H. The molecule has 2 aromatic heterocycles. The van der Waals surface area contributed by atoms with Crippen molar-refractivity contribution in [1.29, 1.82) is 0 Å². The molecule has 8 aromatic rings. The van der Waals surface area contributed by atoms with E-state index in [-0.39, 0.29) is 5.28 Å². The van der Waals surface area contributed by atoms with Crippen molar-refractivity contribution in [3.8, 4) is 45.0 Å². The fraction of sp³-hybridized carbons (Fsp3) is 0.